The second-order valence-corrected chi connectivity index (χ2v) is 13.8. The van der Waals surface area contributed by atoms with Crippen molar-refractivity contribution in [1.82, 2.24) is 14.9 Å². The fraction of sp³-hybridized carbons (Fsp3) is 0.429. The Labute approximate surface area is 254 Å². The Kier molecular flexibility index (Phi) is 7.48. The summed E-state index contributed by atoms with van der Waals surface area (Å²) in [6.07, 6.45) is 4.74. The molecule has 0 spiro atoms. The van der Waals surface area contributed by atoms with Crippen LogP contribution in [0.1, 0.15) is 64.6 Å². The zero-order valence-corrected chi connectivity index (χ0v) is 25.9. The molecule has 3 aliphatic rings. The number of nitrogens with one attached hydrogen (secondary N) is 1. The van der Waals surface area contributed by atoms with E-state index in [2.05, 4.69) is 90.0 Å². The molecular formula is C35H42N6O2. The molecule has 1 saturated heterocycles. The second-order valence-electron chi connectivity index (χ2n) is 13.8. The van der Waals surface area contributed by atoms with Gasteiger partial charge in [-0.15, -0.1) is 0 Å². The lowest BCUT2D eigenvalue weighted by atomic mass is 9.73. The Morgan fingerprint density at radius 3 is 2.28 bits per heavy atom. The van der Waals surface area contributed by atoms with E-state index in [4.69, 9.17) is 0 Å². The number of aromatic nitrogens is 2. The first-order valence-corrected chi connectivity index (χ1v) is 15.3. The number of carbonyl (C=O) groups is 2. The van der Waals surface area contributed by atoms with E-state index in [0.29, 0.717) is 38.5 Å². The number of ketones is 1. The number of fused-ring (bicyclic) bond motifs is 1. The number of piperazine rings is 1. The summed E-state index contributed by atoms with van der Waals surface area (Å²) in [4.78, 5) is 43.0. The third-order valence-corrected chi connectivity index (χ3v) is 8.87. The largest absolute Gasteiger partial charge is 0.357 e. The zero-order chi connectivity index (χ0) is 30.4. The molecule has 1 N–H and O–H groups in total. The maximum atomic E-state index is 14.1. The van der Waals surface area contributed by atoms with E-state index in [1.807, 2.05) is 29.2 Å². The molecule has 6 rings (SSSR count). The topological polar surface area (TPSA) is 81.7 Å². The Bertz CT molecular complexity index is 1530. The van der Waals surface area contributed by atoms with Gasteiger partial charge < -0.3 is 20.0 Å². The highest BCUT2D eigenvalue weighted by atomic mass is 16.2. The third-order valence-electron chi connectivity index (χ3n) is 8.87. The molecule has 1 fully saturated rings. The van der Waals surface area contributed by atoms with Gasteiger partial charge in [-0.05, 0) is 46.6 Å². The van der Waals surface area contributed by atoms with Crippen LogP contribution >= 0.6 is 0 Å². The highest BCUT2D eigenvalue weighted by molar-refractivity contribution is 6.02. The number of Topliss-reactive ketones (excluding diaryl/α,β-unsaturated/α-hetero) is 1. The van der Waals surface area contributed by atoms with Crippen LogP contribution in [0.15, 0.2) is 78.3 Å². The SMILES string of the molecule is CC1(C)CC(=O)C2=C(C1)Nc1ccccc1N(CC(=O)N1CCN(c3ncccn3)CC1)C2c1ccc(C(C)(C)C)cc1. The minimum atomic E-state index is -0.383. The maximum Gasteiger partial charge on any atom is 0.242 e. The lowest BCUT2D eigenvalue weighted by molar-refractivity contribution is -0.130. The Hall–Kier alpha value is -4.20. The van der Waals surface area contributed by atoms with E-state index < -0.39 is 0 Å². The number of carbonyl (C=O) groups excluding carboxylic acids is 2. The van der Waals surface area contributed by atoms with Crippen LogP contribution in [-0.4, -0.2) is 59.3 Å². The first kappa shape index (κ1) is 28.9. The number of rotatable bonds is 4. The minimum Gasteiger partial charge on any atom is -0.357 e. The van der Waals surface area contributed by atoms with Crippen LogP contribution in [0.3, 0.4) is 0 Å². The van der Waals surface area contributed by atoms with Gasteiger partial charge in [-0.1, -0.05) is 71.0 Å². The van der Waals surface area contributed by atoms with Crippen LogP contribution in [0.5, 0.6) is 0 Å². The molecule has 0 radical (unpaired) electrons. The van der Waals surface area contributed by atoms with Crippen molar-refractivity contribution in [2.24, 2.45) is 5.41 Å². The maximum absolute atomic E-state index is 14.1. The molecular weight excluding hydrogens is 536 g/mol. The van der Waals surface area contributed by atoms with Gasteiger partial charge in [0.05, 0.1) is 24.0 Å². The van der Waals surface area contributed by atoms with Crippen molar-refractivity contribution in [2.45, 2.75) is 58.9 Å². The third kappa shape index (κ3) is 5.88. The molecule has 1 atom stereocenters. The van der Waals surface area contributed by atoms with E-state index in [1.165, 1.54) is 5.56 Å². The first-order chi connectivity index (χ1) is 20.5. The van der Waals surface area contributed by atoms with E-state index in [1.54, 1.807) is 12.4 Å². The van der Waals surface area contributed by atoms with Gasteiger partial charge in [0.25, 0.3) is 0 Å². The van der Waals surface area contributed by atoms with Gasteiger partial charge in [0.1, 0.15) is 0 Å². The van der Waals surface area contributed by atoms with Crippen LogP contribution in [0.4, 0.5) is 17.3 Å². The molecule has 0 bridgehead atoms. The Morgan fingerprint density at radius 1 is 0.930 bits per heavy atom. The Balaban J connectivity index is 1.37. The summed E-state index contributed by atoms with van der Waals surface area (Å²) in [7, 11) is 0. The van der Waals surface area contributed by atoms with E-state index in [0.717, 1.165) is 34.6 Å². The van der Waals surface area contributed by atoms with Crippen LogP contribution in [0, 0.1) is 5.41 Å². The molecule has 8 heteroatoms. The molecule has 43 heavy (non-hydrogen) atoms. The number of hydrogen-bond donors (Lipinski definition) is 1. The normalized spacial score (nSPS) is 20.3. The van der Waals surface area contributed by atoms with Gasteiger partial charge >= 0.3 is 0 Å². The number of anilines is 3. The standard InChI is InChI=1S/C35H42N6O2/c1-34(2,3)25-13-11-24(12-14-25)32-31-27(21-35(4,5)22-29(31)42)38-26-9-6-7-10-28(26)41(32)23-30(43)39-17-19-40(20-18-39)33-36-15-8-16-37-33/h6-16,32,38H,17-23H2,1-5H3. The molecule has 1 unspecified atom stereocenters. The summed E-state index contributed by atoms with van der Waals surface area (Å²) in [5.41, 5.74) is 5.70. The fourth-order valence-corrected chi connectivity index (χ4v) is 6.60. The van der Waals surface area contributed by atoms with Crippen molar-refractivity contribution in [1.29, 1.82) is 0 Å². The lowest BCUT2D eigenvalue weighted by Crippen LogP contribution is -2.52. The molecule has 3 heterocycles. The van der Waals surface area contributed by atoms with Crippen molar-refractivity contribution < 1.29 is 9.59 Å². The smallest absolute Gasteiger partial charge is 0.242 e. The minimum absolute atomic E-state index is 0.00777. The predicted molar refractivity (Wildman–Crippen MR) is 171 cm³/mol. The summed E-state index contributed by atoms with van der Waals surface area (Å²) in [5.74, 6) is 0.886. The molecule has 2 aliphatic heterocycles. The number of amides is 1. The summed E-state index contributed by atoms with van der Waals surface area (Å²) in [6, 6.07) is 18.2. The molecule has 3 aromatic rings. The monoisotopic (exact) mass is 578 g/mol. The van der Waals surface area contributed by atoms with Crippen molar-refractivity contribution in [3.63, 3.8) is 0 Å². The highest BCUT2D eigenvalue weighted by Crippen LogP contribution is 2.48. The molecule has 1 amide bonds. The average Bonchev–Trinajstić information content (AvgIpc) is 3.11. The van der Waals surface area contributed by atoms with Gasteiger partial charge in [0, 0.05) is 56.3 Å². The second kappa shape index (κ2) is 11.1. The van der Waals surface area contributed by atoms with E-state index in [-0.39, 0.29) is 35.1 Å². The predicted octanol–water partition coefficient (Wildman–Crippen LogP) is 5.74. The van der Waals surface area contributed by atoms with Crippen molar-refractivity contribution in [3.8, 4) is 0 Å². The summed E-state index contributed by atoms with van der Waals surface area (Å²) < 4.78 is 0. The number of allylic oxidation sites excluding steroid dienone is 1. The average molecular weight is 579 g/mol. The summed E-state index contributed by atoms with van der Waals surface area (Å²) in [6.45, 7) is 13.6. The van der Waals surface area contributed by atoms with Gasteiger partial charge in [0.15, 0.2) is 5.78 Å². The first-order valence-electron chi connectivity index (χ1n) is 15.3. The number of para-hydroxylation sites is 2. The fourth-order valence-electron chi connectivity index (χ4n) is 6.60. The van der Waals surface area contributed by atoms with Gasteiger partial charge in [0.2, 0.25) is 11.9 Å². The molecule has 224 valence electrons. The Morgan fingerprint density at radius 2 is 1.60 bits per heavy atom. The van der Waals surface area contributed by atoms with Crippen LogP contribution < -0.4 is 15.1 Å². The van der Waals surface area contributed by atoms with E-state index in [9.17, 15) is 9.59 Å². The highest BCUT2D eigenvalue weighted by Gasteiger charge is 2.42. The van der Waals surface area contributed by atoms with Crippen LogP contribution in [0.25, 0.3) is 0 Å². The van der Waals surface area contributed by atoms with Gasteiger partial charge in [-0.2, -0.15) is 0 Å². The van der Waals surface area contributed by atoms with Crippen LogP contribution in [-0.2, 0) is 15.0 Å². The van der Waals surface area contributed by atoms with Crippen molar-refractivity contribution in [2.75, 3.05) is 47.8 Å². The van der Waals surface area contributed by atoms with Crippen LogP contribution in [0.2, 0.25) is 0 Å². The van der Waals surface area contributed by atoms with Gasteiger partial charge in [-0.3, -0.25) is 9.59 Å². The molecule has 1 aliphatic carbocycles. The molecule has 2 aromatic carbocycles. The summed E-state index contributed by atoms with van der Waals surface area (Å²) >= 11 is 0. The number of nitrogens with zero attached hydrogens (tertiary/aromatic N) is 5. The number of hydrogen-bond acceptors (Lipinski definition) is 7. The van der Waals surface area contributed by atoms with Crippen molar-refractivity contribution in [3.05, 3.63) is 89.4 Å². The molecule has 1 aromatic heterocycles. The zero-order valence-electron chi connectivity index (χ0n) is 25.9. The molecule has 0 saturated carbocycles. The van der Waals surface area contributed by atoms with Gasteiger partial charge in [-0.25, -0.2) is 9.97 Å². The summed E-state index contributed by atoms with van der Waals surface area (Å²) in [5, 5.41) is 3.66. The lowest BCUT2D eigenvalue weighted by Gasteiger charge is -2.40. The number of benzene rings is 2. The quantitative estimate of drug-likeness (QED) is 0.423. The van der Waals surface area contributed by atoms with E-state index >= 15 is 0 Å². The molecule has 8 nitrogen and oxygen atoms in total. The van der Waals surface area contributed by atoms with Crippen molar-refractivity contribution >= 4 is 29.0 Å².